The van der Waals surface area contributed by atoms with E-state index < -0.39 is 22.9 Å². The van der Waals surface area contributed by atoms with Crippen LogP contribution in [0.1, 0.15) is 86.5 Å². The predicted octanol–water partition coefficient (Wildman–Crippen LogP) is 5.11. The first-order chi connectivity index (χ1) is 15.4. The van der Waals surface area contributed by atoms with Crippen molar-refractivity contribution in [2.75, 3.05) is 0 Å². The van der Waals surface area contributed by atoms with Gasteiger partial charge in [0.15, 0.2) is 5.78 Å². The molecule has 0 spiro atoms. The highest BCUT2D eigenvalue weighted by molar-refractivity contribution is 5.97. The van der Waals surface area contributed by atoms with Gasteiger partial charge in [0.05, 0.1) is 5.92 Å². The molecule has 0 aliphatic heterocycles. The van der Waals surface area contributed by atoms with Crippen LogP contribution in [-0.4, -0.2) is 30.4 Å². The number of hydrogen-bond donors (Lipinski definition) is 0. The second-order valence-electron chi connectivity index (χ2n) is 12.5. The van der Waals surface area contributed by atoms with Gasteiger partial charge in [0.2, 0.25) is 0 Å². The van der Waals surface area contributed by atoms with Crippen LogP contribution >= 0.6 is 0 Å². The van der Waals surface area contributed by atoms with Crippen molar-refractivity contribution in [3.05, 3.63) is 11.6 Å². The zero-order valence-corrected chi connectivity index (χ0v) is 21.1. The standard InChI is InChI=1S/C28H40O5/c1-17(31)19-8-9-22-26(5)13-10-21-25(3,4)11-7-12-28(21,16-30)23(26)14-24(33-18(2)32)27(22,6)20(19)15-29/h8,15-16,20-24H,7,9-14H2,1-6H3/t20-,21-,22-,23-,24-,26-,27+,28+/m0/s1. The number of esters is 1. The molecule has 0 amide bonds. The number of Topliss-reactive ketones (excluding diaryl/α,β-unsaturated/α-hetero) is 1. The van der Waals surface area contributed by atoms with E-state index in [1.54, 1.807) is 0 Å². The molecule has 0 aromatic rings. The summed E-state index contributed by atoms with van der Waals surface area (Å²) >= 11 is 0. The van der Waals surface area contributed by atoms with Crippen LogP contribution in [0.3, 0.4) is 0 Å². The molecular weight excluding hydrogens is 416 g/mol. The van der Waals surface area contributed by atoms with Gasteiger partial charge in [-0.2, -0.15) is 0 Å². The van der Waals surface area contributed by atoms with Crippen molar-refractivity contribution < 1.29 is 23.9 Å². The molecule has 0 heterocycles. The Morgan fingerprint density at radius 1 is 1.00 bits per heavy atom. The smallest absolute Gasteiger partial charge is 0.302 e. The second-order valence-corrected chi connectivity index (χ2v) is 12.5. The fourth-order valence-electron chi connectivity index (χ4n) is 9.38. The van der Waals surface area contributed by atoms with Gasteiger partial charge in [0, 0.05) is 23.3 Å². The lowest BCUT2D eigenvalue weighted by Crippen LogP contribution is -2.68. The highest BCUT2D eigenvalue weighted by Gasteiger charge is 2.70. The quantitative estimate of drug-likeness (QED) is 0.434. The molecule has 3 saturated carbocycles. The minimum atomic E-state index is -0.671. The molecule has 33 heavy (non-hydrogen) atoms. The first-order valence-corrected chi connectivity index (χ1v) is 12.7. The Labute approximate surface area is 198 Å². The molecule has 4 aliphatic carbocycles. The fraction of sp³-hybridized carbons (Fsp3) is 0.786. The highest BCUT2D eigenvalue weighted by atomic mass is 16.5. The van der Waals surface area contributed by atoms with Crippen LogP contribution in [0.25, 0.3) is 0 Å². The van der Waals surface area contributed by atoms with E-state index in [9.17, 15) is 19.2 Å². The van der Waals surface area contributed by atoms with Crippen LogP contribution in [0.2, 0.25) is 0 Å². The monoisotopic (exact) mass is 456 g/mol. The van der Waals surface area contributed by atoms with Gasteiger partial charge in [-0.25, -0.2) is 0 Å². The van der Waals surface area contributed by atoms with Gasteiger partial charge >= 0.3 is 5.97 Å². The molecule has 0 bridgehead atoms. The van der Waals surface area contributed by atoms with Crippen LogP contribution in [-0.2, 0) is 23.9 Å². The summed E-state index contributed by atoms with van der Waals surface area (Å²) in [6, 6.07) is 0. The molecule has 0 radical (unpaired) electrons. The Balaban J connectivity index is 1.89. The number of ketones is 1. The van der Waals surface area contributed by atoms with E-state index in [1.807, 2.05) is 13.0 Å². The SMILES string of the molecule is CC(=O)O[C@H]1C[C@H]2[C@@](C)(CC[C@H]3C(C)(C)CCC[C@@]32C=O)[C@@H]2CC=C(C(C)=O)[C@H](C=O)[C@@]12C. The number of hydrogen-bond acceptors (Lipinski definition) is 5. The normalized spacial score (nSPS) is 46.0. The van der Waals surface area contributed by atoms with E-state index in [4.69, 9.17) is 4.74 Å². The summed E-state index contributed by atoms with van der Waals surface area (Å²) in [6.45, 7) is 11.9. The number of aldehydes is 2. The number of ether oxygens (including phenoxy) is 1. The number of carbonyl (C=O) groups excluding carboxylic acids is 4. The van der Waals surface area contributed by atoms with Crippen LogP contribution < -0.4 is 0 Å². The maximum Gasteiger partial charge on any atom is 0.302 e. The first kappa shape index (κ1) is 24.3. The van der Waals surface area contributed by atoms with Crippen LogP contribution in [0.4, 0.5) is 0 Å². The summed E-state index contributed by atoms with van der Waals surface area (Å²) in [5.41, 5.74) is -0.639. The Hall–Kier alpha value is -1.78. The number of allylic oxidation sites excluding steroid dienone is 2. The molecule has 5 heteroatoms. The maximum atomic E-state index is 13.0. The average molecular weight is 457 g/mol. The molecule has 3 fully saturated rings. The number of carbonyl (C=O) groups is 4. The summed E-state index contributed by atoms with van der Waals surface area (Å²) in [6.07, 6.45) is 9.87. The highest BCUT2D eigenvalue weighted by Crippen LogP contribution is 2.72. The van der Waals surface area contributed by atoms with E-state index in [1.165, 1.54) is 20.1 Å². The molecular formula is C28H40O5. The topological polar surface area (TPSA) is 77.5 Å². The Morgan fingerprint density at radius 3 is 2.27 bits per heavy atom. The van der Waals surface area contributed by atoms with E-state index >= 15 is 0 Å². The van der Waals surface area contributed by atoms with Gasteiger partial charge in [-0.1, -0.05) is 40.2 Å². The summed E-state index contributed by atoms with van der Waals surface area (Å²) in [4.78, 5) is 50.2. The van der Waals surface area contributed by atoms with Crippen molar-refractivity contribution in [3.8, 4) is 0 Å². The number of fused-ring (bicyclic) bond motifs is 5. The van der Waals surface area contributed by atoms with Gasteiger partial charge in [0.1, 0.15) is 18.7 Å². The van der Waals surface area contributed by atoms with E-state index in [-0.39, 0.29) is 34.4 Å². The van der Waals surface area contributed by atoms with E-state index in [2.05, 4.69) is 20.8 Å². The summed E-state index contributed by atoms with van der Waals surface area (Å²) in [5.74, 6) is -0.627. The third-order valence-corrected chi connectivity index (χ3v) is 10.8. The largest absolute Gasteiger partial charge is 0.462 e. The Kier molecular flexibility index (Phi) is 5.81. The van der Waals surface area contributed by atoms with E-state index in [0.29, 0.717) is 24.3 Å². The fourth-order valence-corrected chi connectivity index (χ4v) is 9.38. The third kappa shape index (κ3) is 3.24. The summed E-state index contributed by atoms with van der Waals surface area (Å²) in [5, 5.41) is 0. The van der Waals surface area contributed by atoms with Gasteiger partial charge in [0.25, 0.3) is 0 Å². The van der Waals surface area contributed by atoms with Crippen molar-refractivity contribution >= 4 is 24.3 Å². The van der Waals surface area contributed by atoms with Crippen LogP contribution in [0.15, 0.2) is 11.6 Å². The molecule has 5 nitrogen and oxygen atoms in total. The molecule has 0 N–H and O–H groups in total. The van der Waals surface area contributed by atoms with Gasteiger partial charge in [-0.15, -0.1) is 0 Å². The molecule has 0 saturated heterocycles. The van der Waals surface area contributed by atoms with Crippen molar-refractivity contribution in [1.82, 2.24) is 0 Å². The van der Waals surface area contributed by atoms with Gasteiger partial charge in [-0.3, -0.25) is 9.59 Å². The number of rotatable bonds is 4. The lowest BCUT2D eigenvalue weighted by atomic mass is 9.34. The second kappa shape index (κ2) is 7.88. The molecule has 8 atom stereocenters. The minimum Gasteiger partial charge on any atom is -0.462 e. The minimum absolute atomic E-state index is 0.0502. The van der Waals surface area contributed by atoms with Crippen molar-refractivity contribution in [1.29, 1.82) is 0 Å². The zero-order chi connectivity index (χ0) is 24.4. The predicted molar refractivity (Wildman–Crippen MR) is 125 cm³/mol. The van der Waals surface area contributed by atoms with Crippen molar-refractivity contribution in [2.24, 2.45) is 45.3 Å². The van der Waals surface area contributed by atoms with Crippen molar-refractivity contribution in [2.45, 2.75) is 92.6 Å². The molecule has 0 unspecified atom stereocenters. The average Bonchev–Trinajstić information content (AvgIpc) is 2.73. The van der Waals surface area contributed by atoms with E-state index in [0.717, 1.165) is 38.4 Å². The maximum absolute atomic E-state index is 13.0. The Bertz CT molecular complexity index is 902. The first-order valence-electron chi connectivity index (χ1n) is 12.7. The molecule has 0 aromatic heterocycles. The Morgan fingerprint density at radius 2 is 1.70 bits per heavy atom. The molecule has 4 aliphatic rings. The zero-order valence-electron chi connectivity index (χ0n) is 21.1. The molecule has 4 rings (SSSR count). The lowest BCUT2D eigenvalue weighted by Gasteiger charge is -2.69. The lowest BCUT2D eigenvalue weighted by molar-refractivity contribution is -0.234. The summed E-state index contributed by atoms with van der Waals surface area (Å²) < 4.78 is 5.99. The van der Waals surface area contributed by atoms with Crippen LogP contribution in [0, 0.1) is 45.3 Å². The van der Waals surface area contributed by atoms with Gasteiger partial charge < -0.3 is 14.3 Å². The van der Waals surface area contributed by atoms with Gasteiger partial charge in [-0.05, 0) is 74.0 Å². The third-order valence-electron chi connectivity index (χ3n) is 10.8. The summed E-state index contributed by atoms with van der Waals surface area (Å²) in [7, 11) is 0. The molecule has 0 aromatic carbocycles. The van der Waals surface area contributed by atoms with Crippen LogP contribution in [0.5, 0.6) is 0 Å². The molecule has 182 valence electrons. The van der Waals surface area contributed by atoms with Crippen molar-refractivity contribution in [3.63, 3.8) is 0 Å².